The van der Waals surface area contributed by atoms with Crippen LogP contribution in [-0.2, 0) is 6.54 Å². The number of carboxylic acid groups (broad SMARTS) is 1. The Bertz CT molecular complexity index is 551. The van der Waals surface area contributed by atoms with Crippen molar-refractivity contribution in [2.24, 2.45) is 0 Å². The highest BCUT2D eigenvalue weighted by Gasteiger charge is 2.13. The minimum atomic E-state index is -1.07. The highest BCUT2D eigenvalue weighted by molar-refractivity contribution is 5.90. The molecule has 2 rings (SSSR count). The SMILES string of the molecule is CCCn1cc(Oc2ncccc2C(=O)O)cn1. The van der Waals surface area contributed by atoms with Gasteiger partial charge in [0.05, 0.1) is 12.4 Å². The number of carbonyl (C=O) groups is 1. The van der Waals surface area contributed by atoms with Gasteiger partial charge < -0.3 is 9.84 Å². The zero-order valence-electron chi connectivity index (χ0n) is 9.91. The third kappa shape index (κ3) is 2.65. The fraction of sp³-hybridized carbons (Fsp3) is 0.250. The third-order valence-corrected chi connectivity index (χ3v) is 2.28. The molecular formula is C12H13N3O3. The molecule has 0 fully saturated rings. The van der Waals surface area contributed by atoms with E-state index < -0.39 is 5.97 Å². The normalized spacial score (nSPS) is 10.3. The molecule has 0 unspecified atom stereocenters. The maximum atomic E-state index is 11.0. The first-order valence-corrected chi connectivity index (χ1v) is 5.59. The molecular weight excluding hydrogens is 234 g/mol. The monoisotopic (exact) mass is 247 g/mol. The Labute approximate surface area is 104 Å². The van der Waals surface area contributed by atoms with Crippen LogP contribution in [0.25, 0.3) is 0 Å². The maximum Gasteiger partial charge on any atom is 0.341 e. The molecule has 1 N–H and O–H groups in total. The van der Waals surface area contributed by atoms with E-state index in [1.165, 1.54) is 18.5 Å². The van der Waals surface area contributed by atoms with Gasteiger partial charge >= 0.3 is 5.97 Å². The van der Waals surface area contributed by atoms with Crippen molar-refractivity contribution in [1.29, 1.82) is 0 Å². The lowest BCUT2D eigenvalue weighted by Crippen LogP contribution is -2.01. The maximum absolute atomic E-state index is 11.0. The Morgan fingerprint density at radius 2 is 2.39 bits per heavy atom. The van der Waals surface area contributed by atoms with Crippen LogP contribution in [0.5, 0.6) is 11.6 Å². The van der Waals surface area contributed by atoms with E-state index in [4.69, 9.17) is 9.84 Å². The number of ether oxygens (including phenoxy) is 1. The van der Waals surface area contributed by atoms with Gasteiger partial charge in [0.25, 0.3) is 0 Å². The topological polar surface area (TPSA) is 77.2 Å². The number of pyridine rings is 1. The van der Waals surface area contributed by atoms with E-state index in [0.717, 1.165) is 13.0 Å². The summed E-state index contributed by atoms with van der Waals surface area (Å²) in [6, 6.07) is 3.00. The number of hydrogen-bond acceptors (Lipinski definition) is 4. The van der Waals surface area contributed by atoms with Gasteiger partial charge in [-0.05, 0) is 18.6 Å². The molecule has 94 valence electrons. The predicted molar refractivity (Wildman–Crippen MR) is 63.8 cm³/mol. The molecule has 0 amide bonds. The van der Waals surface area contributed by atoms with Gasteiger partial charge in [-0.3, -0.25) is 4.68 Å². The van der Waals surface area contributed by atoms with Gasteiger partial charge in [0.2, 0.25) is 5.88 Å². The number of hydrogen-bond donors (Lipinski definition) is 1. The van der Waals surface area contributed by atoms with Crippen molar-refractivity contribution in [3.8, 4) is 11.6 Å². The van der Waals surface area contributed by atoms with Crippen LogP contribution in [0.2, 0.25) is 0 Å². The van der Waals surface area contributed by atoms with Crippen LogP contribution in [0.3, 0.4) is 0 Å². The average molecular weight is 247 g/mol. The summed E-state index contributed by atoms with van der Waals surface area (Å²) >= 11 is 0. The number of aromatic nitrogens is 3. The molecule has 0 radical (unpaired) electrons. The fourth-order valence-corrected chi connectivity index (χ4v) is 1.50. The fourth-order valence-electron chi connectivity index (χ4n) is 1.50. The standard InChI is InChI=1S/C12H13N3O3/c1-2-6-15-8-9(7-14-15)18-11-10(12(16)17)4-3-5-13-11/h3-5,7-8H,2,6H2,1H3,(H,16,17). The van der Waals surface area contributed by atoms with E-state index in [0.29, 0.717) is 5.75 Å². The van der Waals surface area contributed by atoms with E-state index in [2.05, 4.69) is 10.1 Å². The number of aryl methyl sites for hydroxylation is 1. The van der Waals surface area contributed by atoms with Crippen molar-refractivity contribution >= 4 is 5.97 Å². The van der Waals surface area contributed by atoms with Crippen LogP contribution in [-0.4, -0.2) is 25.8 Å². The van der Waals surface area contributed by atoms with E-state index in [1.807, 2.05) is 6.92 Å². The minimum absolute atomic E-state index is 0.0285. The quantitative estimate of drug-likeness (QED) is 0.876. The summed E-state index contributed by atoms with van der Waals surface area (Å²) in [5.74, 6) is -0.523. The third-order valence-electron chi connectivity index (χ3n) is 2.28. The van der Waals surface area contributed by atoms with Crippen molar-refractivity contribution in [1.82, 2.24) is 14.8 Å². The number of rotatable bonds is 5. The Kier molecular flexibility index (Phi) is 3.57. The van der Waals surface area contributed by atoms with Gasteiger partial charge in [-0.25, -0.2) is 9.78 Å². The second-order valence-corrected chi connectivity index (χ2v) is 3.70. The summed E-state index contributed by atoms with van der Waals surface area (Å²) in [6.07, 6.45) is 5.70. The summed E-state index contributed by atoms with van der Waals surface area (Å²) in [5, 5.41) is 13.1. The lowest BCUT2D eigenvalue weighted by molar-refractivity contribution is 0.0693. The van der Waals surface area contributed by atoms with E-state index in [9.17, 15) is 4.79 Å². The van der Waals surface area contributed by atoms with Crippen molar-refractivity contribution in [3.63, 3.8) is 0 Å². The number of aromatic carboxylic acids is 1. The first-order chi connectivity index (χ1) is 8.70. The summed E-state index contributed by atoms with van der Waals surface area (Å²) in [5.41, 5.74) is 0.0285. The molecule has 0 aliphatic heterocycles. The molecule has 0 saturated heterocycles. The van der Waals surface area contributed by atoms with Crippen molar-refractivity contribution in [3.05, 3.63) is 36.3 Å². The molecule has 2 heterocycles. The molecule has 0 aliphatic carbocycles. The van der Waals surface area contributed by atoms with Crippen molar-refractivity contribution in [2.75, 3.05) is 0 Å². The molecule has 6 heteroatoms. The van der Waals surface area contributed by atoms with Crippen LogP contribution >= 0.6 is 0 Å². The molecule has 2 aromatic rings. The van der Waals surface area contributed by atoms with E-state index >= 15 is 0 Å². The predicted octanol–water partition coefficient (Wildman–Crippen LogP) is 2.18. The van der Waals surface area contributed by atoms with Gasteiger partial charge in [-0.1, -0.05) is 6.92 Å². The van der Waals surface area contributed by atoms with Gasteiger partial charge in [0, 0.05) is 12.7 Å². The second kappa shape index (κ2) is 5.31. The largest absolute Gasteiger partial charge is 0.477 e. The zero-order chi connectivity index (χ0) is 13.0. The minimum Gasteiger partial charge on any atom is -0.477 e. The molecule has 18 heavy (non-hydrogen) atoms. The van der Waals surface area contributed by atoms with Gasteiger partial charge in [-0.2, -0.15) is 5.10 Å². The van der Waals surface area contributed by atoms with Crippen LogP contribution in [0.1, 0.15) is 23.7 Å². The first kappa shape index (κ1) is 12.1. The molecule has 0 saturated carbocycles. The molecule has 0 aromatic carbocycles. The summed E-state index contributed by atoms with van der Waals surface area (Å²) in [7, 11) is 0. The Morgan fingerprint density at radius 1 is 1.56 bits per heavy atom. The lowest BCUT2D eigenvalue weighted by atomic mass is 10.3. The summed E-state index contributed by atoms with van der Waals surface area (Å²) < 4.78 is 7.16. The van der Waals surface area contributed by atoms with Crippen LogP contribution in [0.4, 0.5) is 0 Å². The Hall–Kier alpha value is -2.37. The van der Waals surface area contributed by atoms with Crippen LogP contribution in [0.15, 0.2) is 30.7 Å². The number of nitrogens with zero attached hydrogens (tertiary/aromatic N) is 3. The van der Waals surface area contributed by atoms with E-state index in [-0.39, 0.29) is 11.4 Å². The van der Waals surface area contributed by atoms with Crippen LogP contribution < -0.4 is 4.74 Å². The summed E-state index contributed by atoms with van der Waals surface area (Å²) in [6.45, 7) is 2.83. The molecule has 0 bridgehead atoms. The van der Waals surface area contributed by atoms with E-state index in [1.54, 1.807) is 16.9 Å². The van der Waals surface area contributed by atoms with Crippen molar-refractivity contribution in [2.45, 2.75) is 19.9 Å². The zero-order valence-corrected chi connectivity index (χ0v) is 9.91. The smallest absolute Gasteiger partial charge is 0.341 e. The van der Waals surface area contributed by atoms with Crippen molar-refractivity contribution < 1.29 is 14.6 Å². The van der Waals surface area contributed by atoms with Gasteiger partial charge in [0.15, 0.2) is 5.75 Å². The number of carboxylic acids is 1. The van der Waals surface area contributed by atoms with Crippen LogP contribution in [0, 0.1) is 0 Å². The molecule has 0 atom stereocenters. The first-order valence-electron chi connectivity index (χ1n) is 5.59. The van der Waals surface area contributed by atoms with Gasteiger partial charge in [-0.15, -0.1) is 0 Å². The molecule has 0 spiro atoms. The highest BCUT2D eigenvalue weighted by Crippen LogP contribution is 2.22. The molecule has 0 aliphatic rings. The Morgan fingerprint density at radius 3 is 3.11 bits per heavy atom. The highest BCUT2D eigenvalue weighted by atomic mass is 16.5. The Balaban J connectivity index is 2.20. The summed E-state index contributed by atoms with van der Waals surface area (Å²) in [4.78, 5) is 14.9. The molecule has 6 nitrogen and oxygen atoms in total. The lowest BCUT2D eigenvalue weighted by Gasteiger charge is -2.04. The second-order valence-electron chi connectivity index (χ2n) is 3.70. The molecule has 2 aromatic heterocycles. The van der Waals surface area contributed by atoms with Gasteiger partial charge in [0.1, 0.15) is 5.56 Å². The average Bonchev–Trinajstić information content (AvgIpc) is 2.77.